The summed E-state index contributed by atoms with van der Waals surface area (Å²) in [5, 5.41) is 13.5. The van der Waals surface area contributed by atoms with Gasteiger partial charge in [-0.3, -0.25) is 0 Å². The number of hydrogen-bond donors (Lipinski definition) is 2. The van der Waals surface area contributed by atoms with Crippen molar-refractivity contribution in [3.8, 4) is 0 Å². The standard InChI is InChI=1S/C15H25N3O/c1-4-16-12(3)13-6-5-8-17-15(13)18-9-7-11(2)14(19)10-18/h5-6,8,11-12,14,16,19H,4,7,9-10H2,1-3H3. The van der Waals surface area contributed by atoms with Gasteiger partial charge in [-0.2, -0.15) is 0 Å². The summed E-state index contributed by atoms with van der Waals surface area (Å²) in [6, 6.07) is 4.39. The maximum atomic E-state index is 10.1. The first-order chi connectivity index (χ1) is 9.13. The molecule has 0 aliphatic carbocycles. The van der Waals surface area contributed by atoms with Gasteiger partial charge in [-0.1, -0.05) is 19.9 Å². The summed E-state index contributed by atoms with van der Waals surface area (Å²) in [6.45, 7) is 8.98. The molecule has 1 aromatic rings. The van der Waals surface area contributed by atoms with Crippen LogP contribution in [0.1, 0.15) is 38.8 Å². The first-order valence-electron chi connectivity index (χ1n) is 7.24. The van der Waals surface area contributed by atoms with Gasteiger partial charge < -0.3 is 15.3 Å². The molecule has 1 aliphatic rings. The van der Waals surface area contributed by atoms with Crippen molar-refractivity contribution >= 4 is 5.82 Å². The van der Waals surface area contributed by atoms with E-state index in [4.69, 9.17) is 0 Å². The van der Waals surface area contributed by atoms with E-state index >= 15 is 0 Å². The van der Waals surface area contributed by atoms with Crippen LogP contribution in [0.3, 0.4) is 0 Å². The molecule has 2 rings (SSSR count). The minimum absolute atomic E-state index is 0.252. The highest BCUT2D eigenvalue weighted by Gasteiger charge is 2.26. The molecule has 0 radical (unpaired) electrons. The Morgan fingerprint density at radius 2 is 2.37 bits per heavy atom. The number of aliphatic hydroxyl groups is 1. The van der Waals surface area contributed by atoms with Gasteiger partial charge in [0.05, 0.1) is 6.10 Å². The van der Waals surface area contributed by atoms with Crippen LogP contribution < -0.4 is 10.2 Å². The SMILES string of the molecule is CCNC(C)c1cccnc1N1CCC(C)C(O)C1. The van der Waals surface area contributed by atoms with Crippen LogP contribution in [0.25, 0.3) is 0 Å². The van der Waals surface area contributed by atoms with Crippen molar-refractivity contribution in [3.63, 3.8) is 0 Å². The molecule has 2 heterocycles. The van der Waals surface area contributed by atoms with Crippen molar-refractivity contribution in [1.82, 2.24) is 10.3 Å². The second kappa shape index (κ2) is 6.35. The quantitative estimate of drug-likeness (QED) is 0.872. The van der Waals surface area contributed by atoms with Crippen molar-refractivity contribution in [3.05, 3.63) is 23.9 Å². The first kappa shape index (κ1) is 14.3. The molecule has 0 aromatic carbocycles. The van der Waals surface area contributed by atoms with Gasteiger partial charge in [0, 0.05) is 30.9 Å². The predicted octanol–water partition coefficient (Wildman–Crippen LogP) is 1.96. The fourth-order valence-electron chi connectivity index (χ4n) is 2.67. The van der Waals surface area contributed by atoms with Crippen molar-refractivity contribution in [1.29, 1.82) is 0 Å². The number of aliphatic hydroxyl groups excluding tert-OH is 1. The Hall–Kier alpha value is -1.13. The maximum Gasteiger partial charge on any atom is 0.133 e. The van der Waals surface area contributed by atoms with E-state index in [0.29, 0.717) is 12.5 Å². The molecule has 1 saturated heterocycles. The van der Waals surface area contributed by atoms with E-state index in [0.717, 1.165) is 25.3 Å². The molecule has 0 amide bonds. The zero-order valence-electron chi connectivity index (χ0n) is 12.1. The average molecular weight is 263 g/mol. The van der Waals surface area contributed by atoms with E-state index in [9.17, 15) is 5.11 Å². The van der Waals surface area contributed by atoms with Gasteiger partial charge in [0.1, 0.15) is 5.82 Å². The average Bonchev–Trinajstić information content (AvgIpc) is 2.42. The highest BCUT2D eigenvalue weighted by atomic mass is 16.3. The number of nitrogens with one attached hydrogen (secondary N) is 1. The molecule has 4 nitrogen and oxygen atoms in total. The van der Waals surface area contributed by atoms with Crippen LogP contribution in [-0.2, 0) is 0 Å². The van der Waals surface area contributed by atoms with Gasteiger partial charge in [0.15, 0.2) is 0 Å². The third kappa shape index (κ3) is 3.25. The molecule has 0 saturated carbocycles. The molecule has 0 bridgehead atoms. The summed E-state index contributed by atoms with van der Waals surface area (Å²) in [7, 11) is 0. The molecule has 4 heteroatoms. The maximum absolute atomic E-state index is 10.1. The van der Waals surface area contributed by atoms with Crippen LogP contribution in [0, 0.1) is 5.92 Å². The normalized spacial score (nSPS) is 25.4. The highest BCUT2D eigenvalue weighted by molar-refractivity contribution is 5.48. The first-order valence-corrected chi connectivity index (χ1v) is 7.24. The van der Waals surface area contributed by atoms with Crippen LogP contribution in [0.2, 0.25) is 0 Å². The highest BCUT2D eigenvalue weighted by Crippen LogP contribution is 2.27. The Morgan fingerprint density at radius 3 is 3.05 bits per heavy atom. The zero-order valence-corrected chi connectivity index (χ0v) is 12.1. The minimum atomic E-state index is -0.252. The van der Waals surface area contributed by atoms with E-state index in [1.54, 1.807) is 0 Å². The molecule has 1 fully saturated rings. The third-order valence-corrected chi connectivity index (χ3v) is 4.01. The monoisotopic (exact) mass is 263 g/mol. The van der Waals surface area contributed by atoms with Crippen LogP contribution >= 0.6 is 0 Å². The van der Waals surface area contributed by atoms with Gasteiger partial charge >= 0.3 is 0 Å². The van der Waals surface area contributed by atoms with Gasteiger partial charge in [0.2, 0.25) is 0 Å². The molecule has 106 valence electrons. The Bertz CT molecular complexity index is 410. The Balaban J connectivity index is 2.20. The number of β-amino-alcohol motifs (C(OH)–C–C–N with tert-alkyl or cyclic N) is 1. The summed E-state index contributed by atoms with van der Waals surface area (Å²) in [5.41, 5.74) is 1.21. The molecule has 1 aromatic heterocycles. The van der Waals surface area contributed by atoms with E-state index in [2.05, 4.69) is 42.0 Å². The van der Waals surface area contributed by atoms with E-state index < -0.39 is 0 Å². The largest absolute Gasteiger partial charge is 0.391 e. The second-order valence-corrected chi connectivity index (χ2v) is 5.47. The summed E-state index contributed by atoms with van der Waals surface area (Å²) < 4.78 is 0. The van der Waals surface area contributed by atoms with Gasteiger partial charge in [-0.15, -0.1) is 0 Å². The second-order valence-electron chi connectivity index (χ2n) is 5.47. The molecule has 3 atom stereocenters. The lowest BCUT2D eigenvalue weighted by atomic mass is 9.95. The Labute approximate surface area is 115 Å². The minimum Gasteiger partial charge on any atom is -0.391 e. The number of anilines is 1. The van der Waals surface area contributed by atoms with E-state index in [1.807, 2.05) is 12.3 Å². The van der Waals surface area contributed by atoms with Gasteiger partial charge in [-0.25, -0.2) is 4.98 Å². The lowest BCUT2D eigenvalue weighted by molar-refractivity contribution is 0.102. The molecule has 3 unspecified atom stereocenters. The van der Waals surface area contributed by atoms with Crippen LogP contribution in [0.15, 0.2) is 18.3 Å². The number of piperidine rings is 1. The smallest absolute Gasteiger partial charge is 0.133 e. The number of pyridine rings is 1. The Morgan fingerprint density at radius 1 is 1.58 bits per heavy atom. The molecule has 1 aliphatic heterocycles. The lowest BCUT2D eigenvalue weighted by Crippen LogP contribution is -2.44. The summed E-state index contributed by atoms with van der Waals surface area (Å²) >= 11 is 0. The fraction of sp³-hybridized carbons (Fsp3) is 0.667. The summed E-state index contributed by atoms with van der Waals surface area (Å²) in [6.07, 6.45) is 2.60. The van der Waals surface area contributed by atoms with Crippen LogP contribution in [-0.4, -0.2) is 35.8 Å². The molecule has 19 heavy (non-hydrogen) atoms. The fourth-order valence-corrected chi connectivity index (χ4v) is 2.67. The van der Waals surface area contributed by atoms with Gasteiger partial charge in [0.25, 0.3) is 0 Å². The number of nitrogens with zero attached hydrogens (tertiary/aromatic N) is 2. The van der Waals surface area contributed by atoms with Crippen molar-refractivity contribution in [2.45, 2.75) is 39.3 Å². The van der Waals surface area contributed by atoms with Crippen molar-refractivity contribution in [2.75, 3.05) is 24.5 Å². The molecular formula is C15H25N3O. The van der Waals surface area contributed by atoms with Crippen molar-refractivity contribution < 1.29 is 5.11 Å². The predicted molar refractivity (Wildman–Crippen MR) is 78.3 cm³/mol. The lowest BCUT2D eigenvalue weighted by Gasteiger charge is -2.36. The Kier molecular flexibility index (Phi) is 4.77. The van der Waals surface area contributed by atoms with Crippen LogP contribution in [0.5, 0.6) is 0 Å². The number of aromatic nitrogens is 1. The van der Waals surface area contributed by atoms with Crippen LogP contribution in [0.4, 0.5) is 5.82 Å². The molecular weight excluding hydrogens is 238 g/mol. The third-order valence-electron chi connectivity index (χ3n) is 4.01. The number of rotatable bonds is 4. The number of hydrogen-bond acceptors (Lipinski definition) is 4. The summed E-state index contributed by atoms with van der Waals surface area (Å²) in [5.74, 6) is 1.40. The van der Waals surface area contributed by atoms with Crippen molar-refractivity contribution in [2.24, 2.45) is 5.92 Å². The van der Waals surface area contributed by atoms with E-state index in [1.165, 1.54) is 5.56 Å². The summed E-state index contributed by atoms with van der Waals surface area (Å²) in [4.78, 5) is 6.76. The molecule has 0 spiro atoms. The molecule has 2 N–H and O–H groups in total. The topological polar surface area (TPSA) is 48.4 Å². The van der Waals surface area contributed by atoms with E-state index in [-0.39, 0.29) is 12.1 Å². The zero-order chi connectivity index (χ0) is 13.8. The van der Waals surface area contributed by atoms with Gasteiger partial charge in [-0.05, 0) is 31.9 Å².